The van der Waals surface area contributed by atoms with Gasteiger partial charge in [-0.25, -0.2) is 9.59 Å². The summed E-state index contributed by atoms with van der Waals surface area (Å²) in [4.78, 5) is 49.4. The van der Waals surface area contributed by atoms with E-state index in [9.17, 15) is 19.2 Å². The van der Waals surface area contributed by atoms with Gasteiger partial charge in [0.05, 0.1) is 13.2 Å². The molecule has 0 atom stereocenters. The van der Waals surface area contributed by atoms with Crippen molar-refractivity contribution in [3.05, 3.63) is 29.8 Å². The summed E-state index contributed by atoms with van der Waals surface area (Å²) in [6, 6.07) is 6.39. The van der Waals surface area contributed by atoms with E-state index in [0.717, 1.165) is 0 Å². The normalized spacial score (nSPS) is 11.3. The minimum absolute atomic E-state index is 0.0518. The summed E-state index contributed by atoms with van der Waals surface area (Å²) in [5.41, 5.74) is -0.776. The number of esters is 1. The van der Waals surface area contributed by atoms with Crippen LogP contribution in [0.3, 0.4) is 0 Å². The van der Waals surface area contributed by atoms with E-state index in [4.69, 9.17) is 18.9 Å². The zero-order valence-corrected chi connectivity index (χ0v) is 19.9. The third kappa shape index (κ3) is 11.3. The van der Waals surface area contributed by atoms with Gasteiger partial charge in [-0.3, -0.25) is 14.5 Å². The van der Waals surface area contributed by atoms with Crippen molar-refractivity contribution in [3.8, 4) is 5.75 Å². The van der Waals surface area contributed by atoms with Crippen molar-refractivity contribution < 1.29 is 38.1 Å². The van der Waals surface area contributed by atoms with Gasteiger partial charge in [-0.1, -0.05) is 12.1 Å². The Morgan fingerprint density at radius 3 is 1.94 bits per heavy atom. The molecule has 0 heterocycles. The second-order valence-corrected chi connectivity index (χ2v) is 9.07. The second-order valence-electron chi connectivity index (χ2n) is 9.07. The van der Waals surface area contributed by atoms with Crippen molar-refractivity contribution in [2.24, 2.45) is 0 Å². The minimum atomic E-state index is -0.829. The van der Waals surface area contributed by atoms with Crippen LogP contribution in [-0.4, -0.2) is 53.3 Å². The van der Waals surface area contributed by atoms with Crippen LogP contribution < -0.4 is 4.74 Å². The molecule has 9 nitrogen and oxygen atoms in total. The zero-order chi connectivity index (χ0) is 24.5. The van der Waals surface area contributed by atoms with Gasteiger partial charge >= 0.3 is 18.2 Å². The van der Waals surface area contributed by atoms with Crippen molar-refractivity contribution in [1.82, 2.24) is 4.90 Å². The van der Waals surface area contributed by atoms with Gasteiger partial charge in [0.1, 0.15) is 23.4 Å². The van der Waals surface area contributed by atoms with Crippen LogP contribution in [-0.2, 0) is 30.3 Å². The average molecular weight is 452 g/mol. The molecule has 1 amide bonds. The maximum Gasteiger partial charge on any atom is 0.514 e. The molecule has 1 rings (SSSR count). The Hall–Kier alpha value is -3.10. The van der Waals surface area contributed by atoms with E-state index >= 15 is 0 Å². The van der Waals surface area contributed by atoms with Crippen molar-refractivity contribution in [3.63, 3.8) is 0 Å². The van der Waals surface area contributed by atoms with Gasteiger partial charge in [-0.2, -0.15) is 0 Å². The van der Waals surface area contributed by atoms with Crippen molar-refractivity contribution in [2.75, 3.05) is 13.2 Å². The number of rotatable bonds is 8. The SMILES string of the molecule is CCOC(=O)CC(=O)CN(Cc1ccc(OC(=O)OC(C)(C)C)cc1)C(=O)OC(C)(C)C. The van der Waals surface area contributed by atoms with Crippen LogP contribution in [0.25, 0.3) is 0 Å². The Morgan fingerprint density at radius 1 is 0.875 bits per heavy atom. The monoisotopic (exact) mass is 451 g/mol. The van der Waals surface area contributed by atoms with Crippen LogP contribution in [0.5, 0.6) is 5.75 Å². The molecule has 0 unspecified atom stereocenters. The number of ketones is 1. The van der Waals surface area contributed by atoms with Crippen LogP contribution >= 0.6 is 0 Å². The molecule has 178 valence electrons. The molecule has 0 spiro atoms. The molecular weight excluding hydrogens is 418 g/mol. The Kier molecular flexibility index (Phi) is 9.68. The highest BCUT2D eigenvalue weighted by atomic mass is 16.7. The maximum atomic E-state index is 12.6. The molecule has 0 radical (unpaired) electrons. The second kappa shape index (κ2) is 11.5. The summed E-state index contributed by atoms with van der Waals surface area (Å²) < 4.78 is 20.4. The fraction of sp³-hybridized carbons (Fsp3) is 0.565. The van der Waals surface area contributed by atoms with E-state index < -0.39 is 41.6 Å². The van der Waals surface area contributed by atoms with Gasteiger partial charge in [-0.05, 0) is 66.2 Å². The number of nitrogens with zero attached hydrogens (tertiary/aromatic N) is 1. The van der Waals surface area contributed by atoms with Crippen molar-refractivity contribution >= 4 is 24.0 Å². The molecule has 0 aliphatic rings. The van der Waals surface area contributed by atoms with Crippen molar-refractivity contribution in [2.45, 2.75) is 72.6 Å². The Bertz CT molecular complexity index is 803. The number of amides is 1. The summed E-state index contributed by atoms with van der Waals surface area (Å²) in [6.07, 6.45) is -1.95. The molecule has 0 saturated heterocycles. The number of carbonyl (C=O) groups excluding carboxylic acids is 4. The van der Waals surface area contributed by atoms with Gasteiger partial charge in [0.2, 0.25) is 0 Å². The lowest BCUT2D eigenvalue weighted by Gasteiger charge is -2.27. The molecule has 0 fully saturated rings. The first-order chi connectivity index (χ1) is 14.7. The summed E-state index contributed by atoms with van der Waals surface area (Å²) >= 11 is 0. The summed E-state index contributed by atoms with van der Waals surface area (Å²) in [6.45, 7) is 11.9. The molecule has 1 aromatic rings. The maximum absolute atomic E-state index is 12.6. The van der Waals surface area contributed by atoms with E-state index in [1.54, 1.807) is 72.7 Å². The van der Waals surface area contributed by atoms with Crippen LogP contribution in [0.4, 0.5) is 9.59 Å². The summed E-state index contributed by atoms with van der Waals surface area (Å²) in [7, 11) is 0. The predicted molar refractivity (Wildman–Crippen MR) is 116 cm³/mol. The molecule has 9 heteroatoms. The van der Waals surface area contributed by atoms with Gasteiger partial charge in [-0.15, -0.1) is 0 Å². The number of benzene rings is 1. The highest BCUT2D eigenvalue weighted by Gasteiger charge is 2.25. The van der Waals surface area contributed by atoms with E-state index in [0.29, 0.717) is 5.56 Å². The molecule has 0 saturated carbocycles. The Balaban J connectivity index is 2.87. The predicted octanol–water partition coefficient (Wildman–Crippen LogP) is 4.26. The molecule has 0 N–H and O–H groups in total. The molecule has 32 heavy (non-hydrogen) atoms. The van der Waals surface area contributed by atoms with Gasteiger partial charge in [0.15, 0.2) is 5.78 Å². The van der Waals surface area contributed by atoms with Crippen LogP contribution in [0.2, 0.25) is 0 Å². The molecule has 0 aliphatic carbocycles. The zero-order valence-electron chi connectivity index (χ0n) is 19.9. The third-order valence-electron chi connectivity index (χ3n) is 3.55. The van der Waals surface area contributed by atoms with E-state index in [-0.39, 0.29) is 25.4 Å². The van der Waals surface area contributed by atoms with E-state index in [1.165, 1.54) is 4.90 Å². The first kappa shape index (κ1) is 26.9. The number of Topliss-reactive ketones (excluding diaryl/α,β-unsaturated/α-hetero) is 1. The molecule has 0 aromatic heterocycles. The standard InChI is InChI=1S/C23H33NO8/c1-8-29-19(26)13-17(25)15-24(20(27)31-22(2,3)4)14-16-9-11-18(12-10-16)30-21(28)32-23(5,6)7/h9-12H,8,13-15H2,1-7H3. The van der Waals surface area contributed by atoms with Crippen LogP contribution in [0, 0.1) is 0 Å². The lowest BCUT2D eigenvalue weighted by molar-refractivity contribution is -0.145. The fourth-order valence-corrected chi connectivity index (χ4v) is 2.40. The highest BCUT2D eigenvalue weighted by Crippen LogP contribution is 2.18. The largest absolute Gasteiger partial charge is 0.514 e. The lowest BCUT2D eigenvalue weighted by atomic mass is 10.2. The van der Waals surface area contributed by atoms with Gasteiger partial charge in [0, 0.05) is 6.54 Å². The van der Waals surface area contributed by atoms with Gasteiger partial charge < -0.3 is 18.9 Å². The number of hydrogen-bond acceptors (Lipinski definition) is 8. The highest BCUT2D eigenvalue weighted by molar-refractivity contribution is 5.97. The van der Waals surface area contributed by atoms with Crippen LogP contribution in [0.15, 0.2) is 24.3 Å². The number of carbonyl (C=O) groups is 4. The molecule has 1 aromatic carbocycles. The van der Waals surface area contributed by atoms with E-state index in [2.05, 4.69) is 0 Å². The number of ether oxygens (including phenoxy) is 4. The fourth-order valence-electron chi connectivity index (χ4n) is 2.40. The van der Waals surface area contributed by atoms with Crippen molar-refractivity contribution in [1.29, 1.82) is 0 Å². The van der Waals surface area contributed by atoms with Gasteiger partial charge in [0.25, 0.3) is 0 Å². The topological polar surface area (TPSA) is 108 Å². The first-order valence-electron chi connectivity index (χ1n) is 10.3. The first-order valence-corrected chi connectivity index (χ1v) is 10.3. The third-order valence-corrected chi connectivity index (χ3v) is 3.55. The Morgan fingerprint density at radius 2 is 1.44 bits per heavy atom. The molecule has 0 aliphatic heterocycles. The Labute approximate surface area is 188 Å². The lowest BCUT2D eigenvalue weighted by Crippen LogP contribution is -2.39. The molecule has 0 bridgehead atoms. The number of hydrogen-bond donors (Lipinski definition) is 0. The quantitative estimate of drug-likeness (QED) is 0.250. The van der Waals surface area contributed by atoms with Crippen LogP contribution in [0.1, 0.15) is 60.5 Å². The summed E-state index contributed by atoms with van der Waals surface area (Å²) in [5.74, 6) is -0.852. The smallest absolute Gasteiger partial charge is 0.466 e. The summed E-state index contributed by atoms with van der Waals surface area (Å²) in [5, 5.41) is 0. The van der Waals surface area contributed by atoms with E-state index in [1.807, 2.05) is 0 Å². The average Bonchev–Trinajstić information content (AvgIpc) is 2.59. The minimum Gasteiger partial charge on any atom is -0.466 e. The molecular formula is C23H33NO8.